The maximum atomic E-state index is 12.9. The minimum Gasteiger partial charge on any atom is -0.390 e. The number of amides is 1. The average Bonchev–Trinajstić information content (AvgIpc) is 3.21. The van der Waals surface area contributed by atoms with Crippen molar-refractivity contribution >= 4 is 13.7 Å². The summed E-state index contributed by atoms with van der Waals surface area (Å²) in [4.78, 5) is 23.2. The predicted octanol–water partition coefficient (Wildman–Crippen LogP) is 12.9. The fourth-order valence-electron chi connectivity index (χ4n) is 6.66. The molecule has 0 rings (SSSR count). The molecule has 0 saturated heterocycles. The number of quaternary nitrogens is 1. The maximum absolute atomic E-state index is 12.9. The van der Waals surface area contributed by atoms with Crippen LogP contribution in [0, 0.1) is 0 Å². The summed E-state index contributed by atoms with van der Waals surface area (Å²) in [6, 6.07) is -1.06. The molecule has 1 amide bonds. The van der Waals surface area contributed by atoms with Crippen LogP contribution in [0.1, 0.15) is 187 Å². The highest BCUT2D eigenvalue weighted by Crippen LogP contribution is 2.43. The van der Waals surface area contributed by atoms with E-state index < -0.39 is 32.7 Å². The van der Waals surface area contributed by atoms with Crippen molar-refractivity contribution in [2.24, 2.45) is 0 Å². The number of nitrogens with one attached hydrogen (secondary N) is 1. The Balaban J connectivity index is 4.38. The smallest absolute Gasteiger partial charge is 0.390 e. The van der Waals surface area contributed by atoms with Gasteiger partial charge in [0.15, 0.2) is 0 Å². The van der Waals surface area contributed by atoms with Gasteiger partial charge in [-0.15, -0.1) is 0 Å². The van der Waals surface area contributed by atoms with Crippen molar-refractivity contribution in [3.8, 4) is 0 Å². The molecule has 0 aliphatic heterocycles. The van der Waals surface area contributed by atoms with Gasteiger partial charge in [-0.1, -0.05) is 157 Å². The first-order valence-corrected chi connectivity index (χ1v) is 25.8. The predicted molar refractivity (Wildman–Crippen MR) is 259 cm³/mol. The number of aliphatic hydroxyl groups excluding tert-OH is 2. The molecule has 9 nitrogen and oxygen atoms in total. The molecule has 0 aromatic heterocycles. The number of likely N-dealkylation sites (N-methyl/N-ethyl adjacent to an activating group) is 1. The second kappa shape index (κ2) is 41.9. The van der Waals surface area contributed by atoms with E-state index in [0.717, 1.165) is 70.6 Å². The first kappa shape index (κ1) is 58.9. The molecule has 61 heavy (non-hydrogen) atoms. The van der Waals surface area contributed by atoms with E-state index in [-0.39, 0.29) is 18.9 Å². The van der Waals surface area contributed by atoms with Gasteiger partial charge in [0.25, 0.3) is 0 Å². The summed E-state index contributed by atoms with van der Waals surface area (Å²) in [6.07, 6.45) is 52.7. The summed E-state index contributed by atoms with van der Waals surface area (Å²) in [6.45, 7) is 4.33. The number of allylic oxidation sites excluding steroid dienone is 12. The third-order valence-corrected chi connectivity index (χ3v) is 11.6. The Bertz CT molecular complexity index is 1240. The molecule has 4 N–H and O–H groups in total. The molecule has 0 heterocycles. The van der Waals surface area contributed by atoms with Crippen molar-refractivity contribution in [2.75, 3.05) is 40.9 Å². The SMILES string of the molecule is C/C=C/CC/C=C/CC/C=C/CCCC(O)C(O)C(COP(=O)(O)OCC[N+](C)(C)C)NC(=O)CCCCCCCCCCCC/C=C\C/C=C\C/C=C\CCCCCCC. The molecule has 0 aromatic carbocycles. The van der Waals surface area contributed by atoms with Gasteiger partial charge in [-0.05, 0) is 96.8 Å². The molecule has 0 aromatic rings. The molecule has 4 unspecified atom stereocenters. The zero-order valence-electron chi connectivity index (χ0n) is 39.7. The van der Waals surface area contributed by atoms with Crippen LogP contribution in [0.5, 0.6) is 0 Å². The van der Waals surface area contributed by atoms with Gasteiger partial charge in [0.1, 0.15) is 19.3 Å². The number of hydrogen-bond acceptors (Lipinski definition) is 6. The van der Waals surface area contributed by atoms with Crippen molar-refractivity contribution in [2.45, 2.75) is 205 Å². The number of rotatable bonds is 43. The minimum atomic E-state index is -4.43. The summed E-state index contributed by atoms with van der Waals surface area (Å²) >= 11 is 0. The van der Waals surface area contributed by atoms with Crippen LogP contribution in [0.25, 0.3) is 0 Å². The van der Waals surface area contributed by atoms with Crippen LogP contribution in [0.4, 0.5) is 0 Å². The molecule has 0 aliphatic carbocycles. The summed E-state index contributed by atoms with van der Waals surface area (Å²) in [7, 11) is 1.39. The van der Waals surface area contributed by atoms with Gasteiger partial charge >= 0.3 is 7.82 Å². The van der Waals surface area contributed by atoms with Crippen LogP contribution in [0.15, 0.2) is 72.9 Å². The zero-order chi connectivity index (χ0) is 45.1. The Labute approximate surface area is 375 Å². The Kier molecular flexibility index (Phi) is 40.4. The van der Waals surface area contributed by atoms with Crippen molar-refractivity contribution in [3.05, 3.63) is 72.9 Å². The lowest BCUT2D eigenvalue weighted by molar-refractivity contribution is -0.870. The minimum absolute atomic E-state index is 0.00817. The van der Waals surface area contributed by atoms with E-state index in [9.17, 15) is 24.5 Å². The van der Waals surface area contributed by atoms with Crippen LogP contribution in [-0.4, -0.2) is 84.6 Å². The standard InChI is InChI=1S/C51H93N2O7P/c1-6-8-10-12-14-16-18-20-21-22-23-24-25-26-27-28-29-30-31-32-34-36-38-40-42-44-50(55)52-48(47-60-61(57,58)59-46-45-53(3,4)5)51(56)49(54)43-41-39-37-35-33-19-17-15-13-11-9-7-2/h7,9,15,17-18,20,22-23,25-26,35,37,48-49,51,54,56H,6,8,10-14,16,19,21,24,27-34,36,38-47H2,1-5H3,(H-,52,55,57,58)/p+1/b9-7+,17-15+,20-18-,23-22-,26-25-,37-35+. The zero-order valence-corrected chi connectivity index (χ0v) is 40.6. The van der Waals surface area contributed by atoms with E-state index in [4.69, 9.17) is 9.05 Å². The summed E-state index contributed by atoms with van der Waals surface area (Å²) < 4.78 is 23.5. The largest absolute Gasteiger partial charge is 0.472 e. The molecular weight excluding hydrogens is 784 g/mol. The van der Waals surface area contributed by atoms with Gasteiger partial charge in [-0.25, -0.2) is 4.57 Å². The first-order valence-electron chi connectivity index (χ1n) is 24.4. The summed E-state index contributed by atoms with van der Waals surface area (Å²) in [5.41, 5.74) is 0. The Morgan fingerprint density at radius 1 is 0.607 bits per heavy atom. The topological polar surface area (TPSA) is 125 Å². The van der Waals surface area contributed by atoms with Crippen molar-refractivity contribution in [1.29, 1.82) is 0 Å². The van der Waals surface area contributed by atoms with E-state index in [0.29, 0.717) is 30.3 Å². The van der Waals surface area contributed by atoms with Crippen molar-refractivity contribution in [1.82, 2.24) is 5.32 Å². The van der Waals surface area contributed by atoms with E-state index in [1.165, 1.54) is 77.0 Å². The molecule has 0 bridgehead atoms. The van der Waals surface area contributed by atoms with E-state index in [2.05, 4.69) is 85.2 Å². The first-order chi connectivity index (χ1) is 29.4. The lowest BCUT2D eigenvalue weighted by Gasteiger charge is -2.28. The lowest BCUT2D eigenvalue weighted by atomic mass is 10.0. The number of phosphoric ester groups is 1. The number of carbonyl (C=O) groups is 1. The number of aliphatic hydroxyl groups is 2. The molecular formula is C51H94N2O7P+. The Morgan fingerprint density at radius 3 is 1.57 bits per heavy atom. The molecule has 0 saturated carbocycles. The molecule has 10 heteroatoms. The Hall–Kier alpha value is -2.10. The van der Waals surface area contributed by atoms with Gasteiger partial charge in [-0.3, -0.25) is 13.8 Å². The highest BCUT2D eigenvalue weighted by atomic mass is 31.2. The fraction of sp³-hybridized carbons (Fsp3) is 0.745. The van der Waals surface area contributed by atoms with Gasteiger partial charge < -0.3 is 24.9 Å². The van der Waals surface area contributed by atoms with Gasteiger partial charge in [0.2, 0.25) is 5.91 Å². The number of hydrogen-bond donors (Lipinski definition) is 4. The summed E-state index contributed by atoms with van der Waals surface area (Å²) in [5.74, 6) is -0.282. The highest BCUT2D eigenvalue weighted by Gasteiger charge is 2.31. The molecule has 354 valence electrons. The van der Waals surface area contributed by atoms with Gasteiger partial charge in [0, 0.05) is 6.42 Å². The van der Waals surface area contributed by atoms with Crippen molar-refractivity contribution < 1.29 is 38.0 Å². The molecule has 0 aliphatic rings. The van der Waals surface area contributed by atoms with E-state index in [1.807, 2.05) is 28.1 Å². The van der Waals surface area contributed by atoms with Crippen LogP contribution >= 0.6 is 7.82 Å². The quantitative estimate of drug-likeness (QED) is 0.0208. The monoisotopic (exact) mass is 878 g/mol. The van der Waals surface area contributed by atoms with E-state index in [1.54, 1.807) is 0 Å². The van der Waals surface area contributed by atoms with Crippen LogP contribution in [0.3, 0.4) is 0 Å². The third-order valence-electron chi connectivity index (χ3n) is 10.6. The van der Waals surface area contributed by atoms with Crippen LogP contribution < -0.4 is 5.32 Å². The third kappa shape index (κ3) is 43.0. The Morgan fingerprint density at radius 2 is 1.05 bits per heavy atom. The molecule has 0 radical (unpaired) electrons. The lowest BCUT2D eigenvalue weighted by Crippen LogP contribution is -2.51. The number of unbranched alkanes of at least 4 members (excludes halogenated alkanes) is 18. The molecule has 0 fully saturated rings. The molecule has 4 atom stereocenters. The van der Waals surface area contributed by atoms with Crippen LogP contribution in [-0.2, 0) is 18.4 Å². The second-order valence-electron chi connectivity index (χ2n) is 17.6. The maximum Gasteiger partial charge on any atom is 0.472 e. The van der Waals surface area contributed by atoms with Gasteiger partial charge in [0.05, 0.1) is 39.9 Å². The summed E-state index contributed by atoms with van der Waals surface area (Å²) in [5, 5.41) is 24.7. The highest BCUT2D eigenvalue weighted by molar-refractivity contribution is 7.47. The molecule has 0 spiro atoms. The average molecular weight is 878 g/mol. The fourth-order valence-corrected chi connectivity index (χ4v) is 7.39. The normalized spacial score (nSPS) is 15.3. The van der Waals surface area contributed by atoms with Gasteiger partial charge in [-0.2, -0.15) is 0 Å². The van der Waals surface area contributed by atoms with Crippen LogP contribution in [0.2, 0.25) is 0 Å². The van der Waals surface area contributed by atoms with E-state index >= 15 is 0 Å². The van der Waals surface area contributed by atoms with Crippen molar-refractivity contribution in [3.63, 3.8) is 0 Å². The number of nitrogens with zero attached hydrogens (tertiary/aromatic N) is 1. The number of phosphoric acid groups is 1. The second-order valence-corrected chi connectivity index (χ2v) is 19.1. The number of carbonyl (C=O) groups excluding carboxylic acids is 1.